The smallest absolute Gasteiger partial charge is 0.231 e. The summed E-state index contributed by atoms with van der Waals surface area (Å²) in [6.07, 6.45) is 0.542. The molecule has 0 radical (unpaired) electrons. The number of para-hydroxylation sites is 1. The molecule has 1 unspecified atom stereocenters. The Bertz CT molecular complexity index is 497. The van der Waals surface area contributed by atoms with Crippen molar-refractivity contribution in [2.24, 2.45) is 0 Å². The van der Waals surface area contributed by atoms with E-state index in [4.69, 9.17) is 20.9 Å². The van der Waals surface area contributed by atoms with E-state index in [0.717, 1.165) is 11.3 Å². The highest BCUT2D eigenvalue weighted by Crippen LogP contribution is 2.21. The van der Waals surface area contributed by atoms with Crippen LogP contribution in [0.5, 0.6) is 5.75 Å². The van der Waals surface area contributed by atoms with Crippen molar-refractivity contribution in [1.82, 2.24) is 10.1 Å². The topological polar surface area (TPSA) is 48.2 Å². The summed E-state index contributed by atoms with van der Waals surface area (Å²) in [5, 5.41) is 3.56. The predicted octanol–water partition coefficient (Wildman–Crippen LogP) is 2.97. The van der Waals surface area contributed by atoms with Crippen LogP contribution in [0.1, 0.15) is 29.6 Å². The summed E-state index contributed by atoms with van der Waals surface area (Å²) in [4.78, 5) is 4.22. The summed E-state index contributed by atoms with van der Waals surface area (Å²) in [5.41, 5.74) is 1.01. The maximum absolute atomic E-state index is 5.87. The van der Waals surface area contributed by atoms with Gasteiger partial charge < -0.3 is 9.26 Å². The standard InChI is InChI=1S/C12H13ClN2O2/c1-8(13)12-14-11(17-15-12)7-9-5-3-4-6-10(9)16-2/h3-6,8H,7H2,1-2H3. The Morgan fingerprint density at radius 2 is 2.18 bits per heavy atom. The Balaban J connectivity index is 2.19. The molecule has 1 atom stereocenters. The molecule has 0 bridgehead atoms. The van der Waals surface area contributed by atoms with Crippen LogP contribution >= 0.6 is 11.6 Å². The van der Waals surface area contributed by atoms with E-state index >= 15 is 0 Å². The molecule has 0 saturated carbocycles. The van der Waals surface area contributed by atoms with Crippen LogP contribution in [0.3, 0.4) is 0 Å². The maximum Gasteiger partial charge on any atom is 0.231 e. The number of nitrogens with zero attached hydrogens (tertiary/aromatic N) is 2. The highest BCUT2D eigenvalue weighted by molar-refractivity contribution is 6.20. The summed E-state index contributed by atoms with van der Waals surface area (Å²) < 4.78 is 10.4. The Labute approximate surface area is 105 Å². The van der Waals surface area contributed by atoms with Crippen LogP contribution in [0, 0.1) is 0 Å². The summed E-state index contributed by atoms with van der Waals surface area (Å²) in [5.74, 6) is 1.86. The lowest BCUT2D eigenvalue weighted by molar-refractivity contribution is 0.374. The quantitative estimate of drug-likeness (QED) is 0.785. The van der Waals surface area contributed by atoms with Crippen LogP contribution in [0.2, 0.25) is 0 Å². The first-order valence-electron chi connectivity index (χ1n) is 5.29. The van der Waals surface area contributed by atoms with Gasteiger partial charge in [0, 0.05) is 5.56 Å². The first-order chi connectivity index (χ1) is 8.20. The second kappa shape index (κ2) is 5.19. The van der Waals surface area contributed by atoms with Crippen LogP contribution in [0.4, 0.5) is 0 Å². The van der Waals surface area contributed by atoms with Crippen molar-refractivity contribution >= 4 is 11.6 Å². The van der Waals surface area contributed by atoms with Gasteiger partial charge in [-0.15, -0.1) is 11.6 Å². The van der Waals surface area contributed by atoms with E-state index in [0.29, 0.717) is 18.1 Å². The second-order valence-electron chi connectivity index (χ2n) is 3.65. The van der Waals surface area contributed by atoms with Gasteiger partial charge in [0.25, 0.3) is 0 Å². The van der Waals surface area contributed by atoms with Gasteiger partial charge in [0.15, 0.2) is 5.82 Å². The van der Waals surface area contributed by atoms with E-state index in [1.54, 1.807) is 14.0 Å². The molecule has 0 aliphatic carbocycles. The summed E-state index contributed by atoms with van der Waals surface area (Å²) >= 11 is 5.87. The predicted molar refractivity (Wildman–Crippen MR) is 64.4 cm³/mol. The maximum atomic E-state index is 5.87. The Morgan fingerprint density at radius 1 is 1.41 bits per heavy atom. The SMILES string of the molecule is COc1ccccc1Cc1nc(C(C)Cl)no1. The Morgan fingerprint density at radius 3 is 2.82 bits per heavy atom. The lowest BCUT2D eigenvalue weighted by atomic mass is 10.1. The fourth-order valence-electron chi connectivity index (χ4n) is 1.51. The van der Waals surface area contributed by atoms with Crippen molar-refractivity contribution in [1.29, 1.82) is 0 Å². The van der Waals surface area contributed by atoms with Crippen molar-refractivity contribution in [3.05, 3.63) is 41.5 Å². The van der Waals surface area contributed by atoms with Gasteiger partial charge in [-0.3, -0.25) is 0 Å². The first kappa shape index (κ1) is 11.9. The Hall–Kier alpha value is -1.55. The number of ether oxygens (including phenoxy) is 1. The molecule has 90 valence electrons. The number of benzene rings is 1. The van der Waals surface area contributed by atoms with Gasteiger partial charge in [-0.1, -0.05) is 23.4 Å². The molecule has 0 N–H and O–H groups in total. The molecule has 0 amide bonds. The van der Waals surface area contributed by atoms with Crippen LogP contribution in [-0.4, -0.2) is 17.3 Å². The molecule has 17 heavy (non-hydrogen) atoms. The second-order valence-corrected chi connectivity index (χ2v) is 4.31. The van der Waals surface area contributed by atoms with Gasteiger partial charge in [-0.05, 0) is 13.0 Å². The monoisotopic (exact) mass is 252 g/mol. The van der Waals surface area contributed by atoms with Crippen LogP contribution in [0.25, 0.3) is 0 Å². The zero-order chi connectivity index (χ0) is 12.3. The zero-order valence-corrected chi connectivity index (χ0v) is 10.4. The molecule has 0 saturated heterocycles. The third kappa shape index (κ3) is 2.77. The summed E-state index contributed by atoms with van der Waals surface area (Å²) in [7, 11) is 1.64. The van der Waals surface area contributed by atoms with Crippen molar-refractivity contribution in [3.8, 4) is 5.75 Å². The van der Waals surface area contributed by atoms with Crippen LogP contribution in [0.15, 0.2) is 28.8 Å². The number of halogens is 1. The molecule has 2 aromatic rings. The number of rotatable bonds is 4. The number of aromatic nitrogens is 2. The molecule has 5 heteroatoms. The molecule has 1 aromatic heterocycles. The molecule has 4 nitrogen and oxygen atoms in total. The third-order valence-corrected chi connectivity index (χ3v) is 2.57. The minimum Gasteiger partial charge on any atom is -0.496 e. The molecule has 0 spiro atoms. The van der Waals surface area contributed by atoms with Gasteiger partial charge in [0.05, 0.1) is 18.9 Å². The summed E-state index contributed by atoms with van der Waals surface area (Å²) in [6.45, 7) is 1.80. The zero-order valence-electron chi connectivity index (χ0n) is 9.68. The number of hydrogen-bond acceptors (Lipinski definition) is 4. The largest absolute Gasteiger partial charge is 0.496 e. The average Bonchev–Trinajstić information content (AvgIpc) is 2.78. The molecule has 1 aromatic carbocycles. The van der Waals surface area contributed by atoms with Crippen LogP contribution in [-0.2, 0) is 6.42 Å². The van der Waals surface area contributed by atoms with E-state index in [1.165, 1.54) is 0 Å². The van der Waals surface area contributed by atoms with Gasteiger partial charge in [0.1, 0.15) is 5.75 Å². The molecule has 1 heterocycles. The summed E-state index contributed by atoms with van der Waals surface area (Å²) in [6, 6.07) is 7.73. The lowest BCUT2D eigenvalue weighted by Crippen LogP contribution is -1.94. The Kier molecular flexibility index (Phi) is 3.64. The lowest BCUT2D eigenvalue weighted by Gasteiger charge is -2.04. The number of hydrogen-bond donors (Lipinski definition) is 0. The van der Waals surface area contributed by atoms with E-state index in [-0.39, 0.29) is 5.38 Å². The van der Waals surface area contributed by atoms with Gasteiger partial charge >= 0.3 is 0 Å². The highest BCUT2D eigenvalue weighted by atomic mass is 35.5. The van der Waals surface area contributed by atoms with E-state index < -0.39 is 0 Å². The van der Waals surface area contributed by atoms with Crippen molar-refractivity contribution in [2.45, 2.75) is 18.7 Å². The normalized spacial score (nSPS) is 12.4. The fourth-order valence-corrected chi connectivity index (χ4v) is 1.60. The van der Waals surface area contributed by atoms with Gasteiger partial charge in [-0.2, -0.15) is 4.98 Å². The van der Waals surface area contributed by atoms with Crippen molar-refractivity contribution < 1.29 is 9.26 Å². The third-order valence-electron chi connectivity index (χ3n) is 2.37. The molecule has 2 rings (SSSR count). The molecule has 0 fully saturated rings. The van der Waals surface area contributed by atoms with Crippen molar-refractivity contribution in [2.75, 3.05) is 7.11 Å². The van der Waals surface area contributed by atoms with Crippen LogP contribution < -0.4 is 4.74 Å². The fraction of sp³-hybridized carbons (Fsp3) is 0.333. The number of methoxy groups -OCH3 is 1. The molecule has 0 aliphatic heterocycles. The minimum atomic E-state index is -0.245. The van der Waals surface area contributed by atoms with E-state index in [2.05, 4.69) is 10.1 Å². The molecular weight excluding hydrogens is 240 g/mol. The molecule has 0 aliphatic rings. The van der Waals surface area contributed by atoms with E-state index in [9.17, 15) is 0 Å². The van der Waals surface area contributed by atoms with Crippen molar-refractivity contribution in [3.63, 3.8) is 0 Å². The van der Waals surface area contributed by atoms with E-state index in [1.807, 2.05) is 24.3 Å². The van der Waals surface area contributed by atoms with Gasteiger partial charge in [-0.25, -0.2) is 0 Å². The first-order valence-corrected chi connectivity index (χ1v) is 5.73. The number of alkyl halides is 1. The highest BCUT2D eigenvalue weighted by Gasteiger charge is 2.12. The van der Waals surface area contributed by atoms with Gasteiger partial charge in [0.2, 0.25) is 5.89 Å². The average molecular weight is 253 g/mol. The molecular formula is C12H13ClN2O2. The minimum absolute atomic E-state index is 0.245.